The molecule has 3 aromatic heterocycles. The summed E-state index contributed by atoms with van der Waals surface area (Å²) < 4.78 is 0.922. The Labute approximate surface area is 123 Å². The van der Waals surface area contributed by atoms with Crippen molar-refractivity contribution < 1.29 is 0 Å². The van der Waals surface area contributed by atoms with Crippen LogP contribution in [0.3, 0.4) is 0 Å². The molecule has 0 saturated carbocycles. The maximum absolute atomic E-state index is 4.48. The molecule has 0 aliphatic rings. The molecule has 0 aromatic carbocycles. The first-order valence-corrected chi connectivity index (χ1v) is 7.36. The molecule has 3 aromatic rings. The van der Waals surface area contributed by atoms with E-state index in [-0.39, 0.29) is 0 Å². The second-order valence-electron chi connectivity index (χ2n) is 4.17. The van der Waals surface area contributed by atoms with E-state index in [0.717, 1.165) is 32.0 Å². The molecule has 0 radical (unpaired) electrons. The zero-order chi connectivity index (χ0) is 13.4. The second-order valence-corrected chi connectivity index (χ2v) is 6.28. The van der Waals surface area contributed by atoms with Crippen LogP contribution in [0.2, 0.25) is 0 Å². The number of fused-ring (bicyclic) bond motifs is 1. The molecular weight excluding hydrogens is 324 g/mol. The highest BCUT2D eigenvalue weighted by atomic mass is 79.9. The predicted molar refractivity (Wildman–Crippen MR) is 82.1 cm³/mol. The SMILES string of the molecule is Cc1nc(Nc2ccnc3cc(Br)cnc23)sc1C. The summed E-state index contributed by atoms with van der Waals surface area (Å²) in [6.45, 7) is 4.08. The first-order chi connectivity index (χ1) is 9.13. The number of hydrogen-bond acceptors (Lipinski definition) is 5. The van der Waals surface area contributed by atoms with Crippen molar-refractivity contribution in [2.45, 2.75) is 13.8 Å². The molecule has 6 heteroatoms. The largest absolute Gasteiger partial charge is 0.330 e. The molecule has 0 spiro atoms. The molecule has 0 bridgehead atoms. The van der Waals surface area contributed by atoms with E-state index < -0.39 is 0 Å². The quantitative estimate of drug-likeness (QED) is 0.762. The number of nitrogens with one attached hydrogen (secondary N) is 1. The summed E-state index contributed by atoms with van der Waals surface area (Å²) in [5.41, 5.74) is 3.67. The van der Waals surface area contributed by atoms with Crippen LogP contribution >= 0.6 is 27.3 Å². The minimum absolute atomic E-state index is 0.844. The van der Waals surface area contributed by atoms with E-state index in [1.165, 1.54) is 4.88 Å². The minimum atomic E-state index is 0.844. The first kappa shape index (κ1) is 12.5. The van der Waals surface area contributed by atoms with Gasteiger partial charge in [-0.15, -0.1) is 11.3 Å². The predicted octanol–water partition coefficient (Wildman–Crippen LogP) is 4.21. The summed E-state index contributed by atoms with van der Waals surface area (Å²) in [7, 11) is 0. The van der Waals surface area contributed by atoms with E-state index in [4.69, 9.17) is 0 Å². The van der Waals surface area contributed by atoms with Crippen molar-refractivity contribution in [2.75, 3.05) is 5.32 Å². The third kappa shape index (κ3) is 2.46. The highest BCUT2D eigenvalue weighted by molar-refractivity contribution is 9.10. The van der Waals surface area contributed by atoms with Crippen molar-refractivity contribution in [1.82, 2.24) is 15.0 Å². The van der Waals surface area contributed by atoms with Crippen molar-refractivity contribution in [1.29, 1.82) is 0 Å². The van der Waals surface area contributed by atoms with Crippen molar-refractivity contribution >= 4 is 49.1 Å². The van der Waals surface area contributed by atoms with E-state index >= 15 is 0 Å². The Morgan fingerprint density at radius 2 is 2.11 bits per heavy atom. The van der Waals surface area contributed by atoms with Crippen molar-refractivity contribution in [3.05, 3.63) is 39.6 Å². The molecule has 19 heavy (non-hydrogen) atoms. The number of halogens is 1. The normalized spacial score (nSPS) is 10.9. The lowest BCUT2D eigenvalue weighted by Crippen LogP contribution is -1.94. The van der Waals surface area contributed by atoms with E-state index in [1.54, 1.807) is 23.7 Å². The van der Waals surface area contributed by atoms with Gasteiger partial charge in [-0.2, -0.15) is 0 Å². The molecule has 3 rings (SSSR count). The topological polar surface area (TPSA) is 50.7 Å². The number of thiazole rings is 1. The molecule has 0 atom stereocenters. The third-order valence-electron chi connectivity index (χ3n) is 2.81. The summed E-state index contributed by atoms with van der Waals surface area (Å²) in [6.07, 6.45) is 3.54. The van der Waals surface area contributed by atoms with Gasteiger partial charge in [0, 0.05) is 21.7 Å². The van der Waals surface area contributed by atoms with Gasteiger partial charge in [-0.25, -0.2) is 4.98 Å². The van der Waals surface area contributed by atoms with Gasteiger partial charge in [0.2, 0.25) is 0 Å². The number of rotatable bonds is 2. The smallest absolute Gasteiger partial charge is 0.187 e. The van der Waals surface area contributed by atoms with Gasteiger partial charge in [0.15, 0.2) is 5.13 Å². The van der Waals surface area contributed by atoms with Crippen LogP contribution in [0.5, 0.6) is 0 Å². The minimum Gasteiger partial charge on any atom is -0.330 e. The third-order valence-corrected chi connectivity index (χ3v) is 4.24. The van der Waals surface area contributed by atoms with E-state index in [2.05, 4.69) is 43.1 Å². The van der Waals surface area contributed by atoms with Crippen LogP contribution in [0.1, 0.15) is 10.6 Å². The van der Waals surface area contributed by atoms with Crippen LogP contribution in [-0.4, -0.2) is 15.0 Å². The van der Waals surface area contributed by atoms with Crippen molar-refractivity contribution in [3.8, 4) is 0 Å². The van der Waals surface area contributed by atoms with Crippen LogP contribution in [0.15, 0.2) is 29.0 Å². The fourth-order valence-electron chi connectivity index (χ4n) is 1.75. The summed E-state index contributed by atoms with van der Waals surface area (Å²) >= 11 is 5.04. The summed E-state index contributed by atoms with van der Waals surface area (Å²) in [5.74, 6) is 0. The average molecular weight is 335 g/mol. The monoisotopic (exact) mass is 334 g/mol. The van der Waals surface area contributed by atoms with Crippen LogP contribution in [0, 0.1) is 13.8 Å². The molecule has 4 nitrogen and oxygen atoms in total. The van der Waals surface area contributed by atoms with E-state index in [9.17, 15) is 0 Å². The Bertz CT molecular complexity index is 734. The zero-order valence-electron chi connectivity index (χ0n) is 10.4. The Kier molecular flexibility index (Phi) is 3.20. The van der Waals surface area contributed by atoms with Gasteiger partial charge in [0.25, 0.3) is 0 Å². The van der Waals surface area contributed by atoms with Gasteiger partial charge in [0.05, 0.1) is 16.9 Å². The average Bonchev–Trinajstić information content (AvgIpc) is 2.68. The molecule has 96 valence electrons. The highest BCUT2D eigenvalue weighted by Gasteiger charge is 2.08. The van der Waals surface area contributed by atoms with Gasteiger partial charge < -0.3 is 5.32 Å². The second kappa shape index (κ2) is 4.86. The Hall–Kier alpha value is -1.53. The number of hydrogen-bond donors (Lipinski definition) is 1. The summed E-state index contributed by atoms with van der Waals surface area (Å²) in [4.78, 5) is 14.4. The lowest BCUT2D eigenvalue weighted by atomic mass is 10.3. The molecule has 0 aliphatic heterocycles. The maximum atomic E-state index is 4.48. The molecule has 1 N–H and O–H groups in total. The highest BCUT2D eigenvalue weighted by Crippen LogP contribution is 2.28. The van der Waals surface area contributed by atoms with Gasteiger partial charge >= 0.3 is 0 Å². The molecular formula is C13H11BrN4S. The number of anilines is 2. The van der Waals surface area contributed by atoms with Gasteiger partial charge in [-0.3, -0.25) is 9.97 Å². The van der Waals surface area contributed by atoms with Crippen LogP contribution in [0.4, 0.5) is 10.8 Å². The Balaban J connectivity index is 2.05. The molecule has 0 aliphatic carbocycles. The van der Waals surface area contributed by atoms with Crippen LogP contribution < -0.4 is 5.32 Å². The van der Waals surface area contributed by atoms with Crippen molar-refractivity contribution in [3.63, 3.8) is 0 Å². The fraction of sp³-hybridized carbons (Fsp3) is 0.154. The number of aromatic nitrogens is 3. The summed E-state index contributed by atoms with van der Waals surface area (Å²) in [6, 6.07) is 3.86. The van der Waals surface area contributed by atoms with E-state index in [1.807, 2.05) is 19.1 Å². The number of nitrogens with zero attached hydrogens (tertiary/aromatic N) is 3. The molecule has 0 saturated heterocycles. The van der Waals surface area contributed by atoms with Gasteiger partial charge in [0.1, 0.15) is 5.52 Å². The van der Waals surface area contributed by atoms with Crippen LogP contribution in [-0.2, 0) is 0 Å². The van der Waals surface area contributed by atoms with E-state index in [0.29, 0.717) is 0 Å². The molecule has 3 heterocycles. The number of pyridine rings is 2. The van der Waals surface area contributed by atoms with Gasteiger partial charge in [-0.05, 0) is 41.9 Å². The number of aryl methyl sites for hydroxylation is 2. The zero-order valence-corrected chi connectivity index (χ0v) is 12.8. The Morgan fingerprint density at radius 1 is 1.26 bits per heavy atom. The fourth-order valence-corrected chi connectivity index (χ4v) is 2.89. The lowest BCUT2D eigenvalue weighted by molar-refractivity contribution is 1.23. The lowest BCUT2D eigenvalue weighted by Gasteiger charge is -2.05. The summed E-state index contributed by atoms with van der Waals surface area (Å²) in [5, 5.41) is 4.20. The molecule has 0 fully saturated rings. The van der Waals surface area contributed by atoms with Crippen molar-refractivity contribution in [2.24, 2.45) is 0 Å². The first-order valence-electron chi connectivity index (χ1n) is 5.75. The molecule has 0 amide bonds. The Morgan fingerprint density at radius 3 is 2.84 bits per heavy atom. The van der Waals surface area contributed by atoms with Gasteiger partial charge in [-0.1, -0.05) is 0 Å². The maximum Gasteiger partial charge on any atom is 0.187 e. The van der Waals surface area contributed by atoms with Crippen LogP contribution in [0.25, 0.3) is 11.0 Å². The standard InChI is InChI=1S/C13H11BrN4S/c1-7-8(2)19-13(17-7)18-10-3-4-15-11-5-9(14)6-16-12(10)11/h3-6H,1-2H3,(H,15,17,18). The molecule has 0 unspecified atom stereocenters.